The van der Waals surface area contributed by atoms with E-state index >= 15 is 0 Å². The first-order valence-electron chi connectivity index (χ1n) is 7.43. The largest absolute Gasteiger partial charge is 0.370 e. The maximum atomic E-state index is 5.87. The van der Waals surface area contributed by atoms with Gasteiger partial charge in [-0.05, 0) is 32.0 Å². The fourth-order valence-corrected chi connectivity index (χ4v) is 2.34. The molecule has 0 atom stereocenters. The van der Waals surface area contributed by atoms with Crippen LogP contribution in [0.2, 0.25) is 0 Å². The van der Waals surface area contributed by atoms with Gasteiger partial charge < -0.3 is 10.7 Å². The number of nitrogens with two attached hydrogens (primary N) is 1. The highest BCUT2D eigenvalue weighted by Crippen LogP contribution is 2.10. The zero-order chi connectivity index (χ0) is 16.2. The van der Waals surface area contributed by atoms with E-state index in [1.54, 1.807) is 0 Å². The lowest BCUT2D eigenvalue weighted by molar-refractivity contribution is 0.898. The number of guanidine groups is 1. The zero-order valence-corrected chi connectivity index (χ0v) is 13.2. The van der Waals surface area contributed by atoms with Gasteiger partial charge in [0.25, 0.3) is 0 Å². The van der Waals surface area contributed by atoms with E-state index < -0.39 is 0 Å². The smallest absolute Gasteiger partial charge is 0.229 e. The van der Waals surface area contributed by atoms with Crippen LogP contribution in [0.5, 0.6) is 0 Å². The molecule has 0 unspecified atom stereocenters. The van der Waals surface area contributed by atoms with Gasteiger partial charge in [-0.15, -0.1) is 0 Å². The summed E-state index contributed by atoms with van der Waals surface area (Å²) in [5.74, 6) is 1.66. The summed E-state index contributed by atoms with van der Waals surface area (Å²) < 4.78 is 0. The number of fused-ring (bicyclic) bond motifs is 1. The number of aryl methyl sites for hydroxylation is 2. The molecule has 0 amide bonds. The van der Waals surface area contributed by atoms with Crippen LogP contribution in [0.4, 0.5) is 5.95 Å². The Morgan fingerprint density at radius 1 is 1.17 bits per heavy atom. The molecule has 1 aromatic carbocycles. The van der Waals surface area contributed by atoms with E-state index in [0.29, 0.717) is 24.9 Å². The van der Waals surface area contributed by atoms with Crippen molar-refractivity contribution in [3.63, 3.8) is 0 Å². The molecule has 0 aliphatic carbocycles. The van der Waals surface area contributed by atoms with E-state index in [1.165, 1.54) is 0 Å². The number of hydrogen-bond donors (Lipinski definition) is 3. The van der Waals surface area contributed by atoms with Gasteiger partial charge >= 0.3 is 0 Å². The first kappa shape index (κ1) is 15.0. The lowest BCUT2D eigenvalue weighted by Gasteiger charge is -2.05. The standard InChI is InChI=1S/C16H19N7/c1-10-9-11(2)20-16(19-10)23-15(17)18-8-7-14-21-12-5-3-4-6-13(12)22-14/h3-6,9H,7-8H2,1-2H3,(H,21,22)(H3,17,18,19,20,23). The van der Waals surface area contributed by atoms with Crippen LogP contribution >= 0.6 is 0 Å². The second-order valence-electron chi connectivity index (χ2n) is 5.32. The zero-order valence-electron chi connectivity index (χ0n) is 13.2. The van der Waals surface area contributed by atoms with Crippen LogP contribution in [0.25, 0.3) is 11.0 Å². The molecule has 0 fully saturated rings. The topological polar surface area (TPSA) is 105 Å². The van der Waals surface area contributed by atoms with Crippen molar-refractivity contribution in [2.24, 2.45) is 10.7 Å². The summed E-state index contributed by atoms with van der Waals surface area (Å²) in [6.45, 7) is 4.35. The summed E-state index contributed by atoms with van der Waals surface area (Å²) in [6, 6.07) is 9.83. The molecule has 2 heterocycles. The van der Waals surface area contributed by atoms with Gasteiger partial charge in [-0.2, -0.15) is 0 Å². The Balaban J connectivity index is 1.60. The summed E-state index contributed by atoms with van der Waals surface area (Å²) in [4.78, 5) is 20.6. The monoisotopic (exact) mass is 309 g/mol. The van der Waals surface area contributed by atoms with Crippen LogP contribution in [0, 0.1) is 13.8 Å². The molecule has 23 heavy (non-hydrogen) atoms. The van der Waals surface area contributed by atoms with Crippen LogP contribution in [-0.4, -0.2) is 32.4 Å². The van der Waals surface area contributed by atoms with Gasteiger partial charge in [0.15, 0.2) is 5.96 Å². The number of hydrogen-bond acceptors (Lipinski definition) is 4. The maximum absolute atomic E-state index is 5.87. The quantitative estimate of drug-likeness (QED) is 0.504. The molecule has 0 aliphatic rings. The second kappa shape index (κ2) is 6.43. The molecule has 3 aromatic rings. The fraction of sp³-hybridized carbons (Fsp3) is 0.250. The first-order valence-corrected chi connectivity index (χ1v) is 7.43. The average molecular weight is 309 g/mol. The fourth-order valence-electron chi connectivity index (χ4n) is 2.34. The third kappa shape index (κ3) is 3.82. The minimum Gasteiger partial charge on any atom is -0.370 e. The number of imidazole rings is 1. The van der Waals surface area contributed by atoms with E-state index in [0.717, 1.165) is 28.2 Å². The van der Waals surface area contributed by atoms with Gasteiger partial charge in [0.1, 0.15) is 5.82 Å². The number of aromatic amines is 1. The van der Waals surface area contributed by atoms with Gasteiger partial charge in [0.05, 0.1) is 11.0 Å². The van der Waals surface area contributed by atoms with Crippen molar-refractivity contribution in [1.29, 1.82) is 0 Å². The van der Waals surface area contributed by atoms with Crippen LogP contribution in [0.3, 0.4) is 0 Å². The van der Waals surface area contributed by atoms with Crippen molar-refractivity contribution >= 4 is 22.9 Å². The molecule has 118 valence electrons. The lowest BCUT2D eigenvalue weighted by atomic mass is 10.3. The number of aromatic nitrogens is 4. The van der Waals surface area contributed by atoms with E-state index in [2.05, 4.69) is 30.2 Å². The molecular weight excluding hydrogens is 290 g/mol. The lowest BCUT2D eigenvalue weighted by Crippen LogP contribution is -2.24. The predicted molar refractivity (Wildman–Crippen MR) is 91.4 cm³/mol. The Bertz CT molecular complexity index is 797. The molecule has 0 bridgehead atoms. The summed E-state index contributed by atoms with van der Waals surface area (Å²) >= 11 is 0. The molecule has 7 heteroatoms. The van der Waals surface area contributed by atoms with E-state index in [-0.39, 0.29) is 0 Å². The molecule has 7 nitrogen and oxygen atoms in total. The minimum atomic E-state index is 0.297. The van der Waals surface area contributed by atoms with Gasteiger partial charge in [-0.25, -0.2) is 15.0 Å². The number of nitrogens with one attached hydrogen (secondary N) is 2. The SMILES string of the molecule is Cc1cc(C)nc(NC(N)=NCCc2nc3ccccc3[nH]2)n1. The third-order valence-electron chi connectivity index (χ3n) is 3.29. The summed E-state index contributed by atoms with van der Waals surface area (Å²) in [7, 11) is 0. The number of rotatable bonds is 4. The van der Waals surface area contributed by atoms with Gasteiger partial charge in [-0.1, -0.05) is 12.1 Å². The molecule has 2 aromatic heterocycles. The number of benzene rings is 1. The number of anilines is 1. The number of H-pyrrole nitrogens is 1. The number of nitrogens with zero attached hydrogens (tertiary/aromatic N) is 4. The van der Waals surface area contributed by atoms with Gasteiger partial charge in [0.2, 0.25) is 5.95 Å². The van der Waals surface area contributed by atoms with E-state index in [9.17, 15) is 0 Å². The molecule has 0 spiro atoms. The first-order chi connectivity index (χ1) is 11.1. The van der Waals surface area contributed by atoms with Crippen LogP contribution < -0.4 is 11.1 Å². The molecule has 3 rings (SSSR count). The molecule has 0 aliphatic heterocycles. The Labute approximate surface area is 134 Å². The van der Waals surface area contributed by atoms with Gasteiger partial charge in [-0.3, -0.25) is 10.3 Å². The Kier molecular flexibility index (Phi) is 4.18. The molecule has 4 N–H and O–H groups in total. The van der Waals surface area contributed by atoms with Crippen molar-refractivity contribution in [2.45, 2.75) is 20.3 Å². The predicted octanol–water partition coefficient (Wildman–Crippen LogP) is 1.94. The summed E-state index contributed by atoms with van der Waals surface area (Å²) in [6.07, 6.45) is 0.685. The van der Waals surface area contributed by atoms with E-state index in [4.69, 9.17) is 5.73 Å². The molecule has 0 saturated heterocycles. The maximum Gasteiger partial charge on any atom is 0.229 e. The molecular formula is C16H19N7. The van der Waals surface area contributed by atoms with Gasteiger partial charge in [0, 0.05) is 24.4 Å². The molecule has 0 saturated carbocycles. The van der Waals surface area contributed by atoms with Crippen molar-refractivity contribution in [1.82, 2.24) is 19.9 Å². The molecule has 0 radical (unpaired) electrons. The highest BCUT2D eigenvalue weighted by atomic mass is 15.2. The summed E-state index contributed by atoms with van der Waals surface area (Å²) in [5.41, 5.74) is 9.63. The highest BCUT2D eigenvalue weighted by Gasteiger charge is 2.03. The van der Waals surface area contributed by atoms with Crippen LogP contribution in [0.1, 0.15) is 17.2 Å². The third-order valence-corrected chi connectivity index (χ3v) is 3.29. The Hall–Kier alpha value is -2.96. The Morgan fingerprint density at radius 3 is 2.65 bits per heavy atom. The Morgan fingerprint density at radius 2 is 1.91 bits per heavy atom. The van der Waals surface area contributed by atoms with Crippen molar-refractivity contribution in [2.75, 3.05) is 11.9 Å². The van der Waals surface area contributed by atoms with Crippen LogP contribution in [-0.2, 0) is 6.42 Å². The number of aliphatic imine (C=N–C) groups is 1. The minimum absolute atomic E-state index is 0.297. The van der Waals surface area contributed by atoms with E-state index in [1.807, 2.05) is 44.2 Å². The van der Waals surface area contributed by atoms with Crippen molar-refractivity contribution < 1.29 is 0 Å². The average Bonchev–Trinajstić information content (AvgIpc) is 2.88. The van der Waals surface area contributed by atoms with Crippen LogP contribution in [0.15, 0.2) is 35.3 Å². The second-order valence-corrected chi connectivity index (χ2v) is 5.32. The highest BCUT2D eigenvalue weighted by molar-refractivity contribution is 5.90. The summed E-state index contributed by atoms with van der Waals surface area (Å²) in [5, 5.41) is 2.91. The normalized spacial score (nSPS) is 11.8. The number of para-hydroxylation sites is 2. The van der Waals surface area contributed by atoms with Crippen molar-refractivity contribution in [3.05, 3.63) is 47.5 Å². The van der Waals surface area contributed by atoms with Crippen molar-refractivity contribution in [3.8, 4) is 0 Å².